The van der Waals surface area contributed by atoms with Crippen LogP contribution in [0.1, 0.15) is 21.8 Å². The Bertz CT molecular complexity index is 1020. The molecule has 0 saturated carbocycles. The van der Waals surface area contributed by atoms with Crippen molar-refractivity contribution in [2.45, 2.75) is 18.6 Å². The molecule has 26 heavy (non-hydrogen) atoms. The fourth-order valence-electron chi connectivity index (χ4n) is 2.13. The number of nitrogens with one attached hydrogen (secondary N) is 2. The summed E-state index contributed by atoms with van der Waals surface area (Å²) in [6.45, 7) is 1.85. The van der Waals surface area contributed by atoms with Gasteiger partial charge in [0.15, 0.2) is 5.76 Å². The van der Waals surface area contributed by atoms with Gasteiger partial charge in [0.1, 0.15) is 5.82 Å². The van der Waals surface area contributed by atoms with Gasteiger partial charge in [-0.3, -0.25) is 9.78 Å². The summed E-state index contributed by atoms with van der Waals surface area (Å²) >= 11 is 0. The minimum Gasteiger partial charge on any atom is -0.438 e. The number of anilines is 1. The number of hydrogen-bond donors (Lipinski definition) is 2. The molecule has 8 nitrogen and oxygen atoms in total. The first-order chi connectivity index (χ1) is 12.4. The van der Waals surface area contributed by atoms with Gasteiger partial charge >= 0.3 is 0 Å². The molecule has 9 heteroatoms. The van der Waals surface area contributed by atoms with Crippen molar-refractivity contribution in [3.05, 3.63) is 71.9 Å². The fourth-order valence-corrected chi connectivity index (χ4v) is 3.07. The predicted molar refractivity (Wildman–Crippen MR) is 93.9 cm³/mol. The molecular weight excluding hydrogens is 356 g/mol. The van der Waals surface area contributed by atoms with E-state index in [4.69, 9.17) is 4.42 Å². The first kappa shape index (κ1) is 17.8. The molecule has 0 unspecified atom stereocenters. The van der Waals surface area contributed by atoms with Gasteiger partial charge in [0, 0.05) is 24.6 Å². The Balaban J connectivity index is 1.69. The number of hydrogen-bond acceptors (Lipinski definition) is 6. The summed E-state index contributed by atoms with van der Waals surface area (Å²) < 4.78 is 32.1. The maximum Gasteiger partial charge on any atom is 0.292 e. The van der Waals surface area contributed by atoms with Crippen molar-refractivity contribution < 1.29 is 17.6 Å². The SMILES string of the molecule is Cc1cccc(NC(=O)c2ccc(S(=O)(=O)NCc3cccnc3)o2)n1. The third kappa shape index (κ3) is 4.32. The number of sulfonamides is 1. The quantitative estimate of drug-likeness (QED) is 0.685. The molecule has 3 aromatic rings. The Kier molecular flexibility index (Phi) is 5.10. The van der Waals surface area contributed by atoms with Crippen molar-refractivity contribution in [2.24, 2.45) is 0 Å². The van der Waals surface area contributed by atoms with Gasteiger partial charge in [-0.25, -0.2) is 18.1 Å². The summed E-state index contributed by atoms with van der Waals surface area (Å²) in [5.41, 5.74) is 1.44. The van der Waals surface area contributed by atoms with Crippen LogP contribution in [0.15, 0.2) is 64.4 Å². The van der Waals surface area contributed by atoms with E-state index >= 15 is 0 Å². The van der Waals surface area contributed by atoms with Crippen molar-refractivity contribution in [3.63, 3.8) is 0 Å². The molecule has 0 aliphatic heterocycles. The molecule has 134 valence electrons. The fraction of sp³-hybridized carbons (Fsp3) is 0.118. The number of carbonyl (C=O) groups is 1. The lowest BCUT2D eigenvalue weighted by Gasteiger charge is -2.04. The molecular formula is C17H16N4O4S. The third-order valence-corrected chi connectivity index (χ3v) is 4.66. The number of furan rings is 1. The minimum absolute atomic E-state index is 0.0611. The summed E-state index contributed by atoms with van der Waals surface area (Å²) in [7, 11) is -3.89. The molecule has 3 aromatic heterocycles. The third-order valence-electron chi connectivity index (χ3n) is 3.39. The first-order valence-electron chi connectivity index (χ1n) is 7.67. The van der Waals surface area contributed by atoms with Crippen molar-refractivity contribution in [3.8, 4) is 0 Å². The van der Waals surface area contributed by atoms with Crippen LogP contribution in [0.2, 0.25) is 0 Å². The normalized spacial score (nSPS) is 11.3. The highest BCUT2D eigenvalue weighted by Crippen LogP contribution is 2.16. The lowest BCUT2D eigenvalue weighted by molar-refractivity contribution is 0.0991. The zero-order valence-corrected chi connectivity index (χ0v) is 14.7. The van der Waals surface area contributed by atoms with E-state index in [0.717, 1.165) is 5.69 Å². The largest absolute Gasteiger partial charge is 0.438 e. The Hall–Kier alpha value is -3.04. The average Bonchev–Trinajstić information content (AvgIpc) is 3.12. The van der Waals surface area contributed by atoms with Crippen molar-refractivity contribution in [1.82, 2.24) is 14.7 Å². The summed E-state index contributed by atoms with van der Waals surface area (Å²) in [5, 5.41) is 2.21. The number of amides is 1. The lowest BCUT2D eigenvalue weighted by Crippen LogP contribution is -2.23. The zero-order valence-electron chi connectivity index (χ0n) is 13.8. The van der Waals surface area contributed by atoms with Gasteiger partial charge in [-0.1, -0.05) is 12.1 Å². The monoisotopic (exact) mass is 372 g/mol. The molecule has 3 heterocycles. The van der Waals surface area contributed by atoms with E-state index < -0.39 is 15.9 Å². The summed E-state index contributed by atoms with van der Waals surface area (Å²) in [6, 6.07) is 11.1. The van der Waals surface area contributed by atoms with Crippen molar-refractivity contribution >= 4 is 21.7 Å². The van der Waals surface area contributed by atoms with Crippen molar-refractivity contribution in [2.75, 3.05) is 5.32 Å². The molecule has 0 spiro atoms. The van der Waals surface area contributed by atoms with Crippen LogP contribution >= 0.6 is 0 Å². The molecule has 0 aromatic carbocycles. The molecule has 0 atom stereocenters. The zero-order chi connectivity index (χ0) is 18.6. The number of nitrogens with zero attached hydrogens (tertiary/aromatic N) is 2. The van der Waals surface area contributed by atoms with Gasteiger partial charge < -0.3 is 9.73 Å². The maximum absolute atomic E-state index is 12.3. The van der Waals surface area contributed by atoms with E-state index in [0.29, 0.717) is 11.4 Å². The van der Waals surface area contributed by atoms with Crippen LogP contribution < -0.4 is 10.0 Å². The smallest absolute Gasteiger partial charge is 0.292 e. The van der Waals surface area contributed by atoms with Gasteiger partial charge in [-0.15, -0.1) is 0 Å². The number of aryl methyl sites for hydroxylation is 1. The Morgan fingerprint density at radius 2 is 2.00 bits per heavy atom. The average molecular weight is 372 g/mol. The molecule has 1 amide bonds. The van der Waals surface area contributed by atoms with Crippen LogP contribution in [-0.2, 0) is 16.6 Å². The molecule has 0 fully saturated rings. The standard InChI is InChI=1S/C17H16N4O4S/c1-12-4-2-6-15(20-12)21-17(22)14-7-8-16(25-14)26(23,24)19-11-13-5-3-9-18-10-13/h2-10,19H,11H2,1H3,(H,20,21,22). The van der Waals surface area contributed by atoms with Crippen LogP contribution in [0.5, 0.6) is 0 Å². The lowest BCUT2D eigenvalue weighted by atomic mass is 10.3. The van der Waals surface area contributed by atoms with Gasteiger partial charge in [0.25, 0.3) is 15.9 Å². The second-order valence-corrected chi connectivity index (χ2v) is 7.12. The maximum atomic E-state index is 12.3. The topological polar surface area (TPSA) is 114 Å². The van der Waals surface area contributed by atoms with E-state index in [2.05, 4.69) is 20.0 Å². The minimum atomic E-state index is -3.89. The number of pyridine rings is 2. The summed E-state index contributed by atoms with van der Waals surface area (Å²) in [6.07, 6.45) is 3.15. The Morgan fingerprint density at radius 1 is 1.15 bits per heavy atom. The molecule has 0 aliphatic carbocycles. The summed E-state index contributed by atoms with van der Waals surface area (Å²) in [4.78, 5) is 20.2. The van der Waals surface area contributed by atoms with Gasteiger partial charge in [0.2, 0.25) is 5.09 Å². The van der Waals surface area contributed by atoms with Crippen LogP contribution in [-0.4, -0.2) is 24.3 Å². The molecule has 0 radical (unpaired) electrons. The van der Waals surface area contributed by atoms with Crippen LogP contribution in [0.25, 0.3) is 0 Å². The second kappa shape index (κ2) is 7.46. The highest BCUT2D eigenvalue weighted by Gasteiger charge is 2.21. The van der Waals surface area contributed by atoms with Crippen LogP contribution in [0.3, 0.4) is 0 Å². The van der Waals surface area contributed by atoms with Crippen molar-refractivity contribution in [1.29, 1.82) is 0 Å². The molecule has 0 saturated heterocycles. The van der Waals surface area contributed by atoms with Gasteiger partial charge in [-0.2, -0.15) is 0 Å². The van der Waals surface area contributed by atoms with E-state index in [-0.39, 0.29) is 17.4 Å². The summed E-state index contributed by atoms with van der Waals surface area (Å²) in [5.74, 6) is -0.364. The van der Waals surface area contributed by atoms with Gasteiger partial charge in [-0.05, 0) is 42.8 Å². The number of aromatic nitrogens is 2. The second-order valence-electron chi connectivity index (χ2n) is 5.42. The van der Waals surface area contributed by atoms with E-state index in [1.807, 2.05) is 0 Å². The van der Waals surface area contributed by atoms with E-state index in [1.54, 1.807) is 49.6 Å². The highest BCUT2D eigenvalue weighted by molar-refractivity contribution is 7.89. The van der Waals surface area contributed by atoms with Crippen LogP contribution in [0, 0.1) is 6.92 Å². The molecule has 0 aliphatic rings. The van der Waals surface area contributed by atoms with Crippen LogP contribution in [0.4, 0.5) is 5.82 Å². The molecule has 2 N–H and O–H groups in total. The van der Waals surface area contributed by atoms with E-state index in [9.17, 15) is 13.2 Å². The molecule has 0 bridgehead atoms. The number of rotatable bonds is 6. The highest BCUT2D eigenvalue weighted by atomic mass is 32.2. The molecule has 3 rings (SSSR count). The number of carbonyl (C=O) groups excluding carboxylic acids is 1. The van der Waals surface area contributed by atoms with Gasteiger partial charge in [0.05, 0.1) is 0 Å². The first-order valence-corrected chi connectivity index (χ1v) is 9.16. The van der Waals surface area contributed by atoms with E-state index in [1.165, 1.54) is 12.1 Å². The predicted octanol–water partition coefficient (Wildman–Crippen LogP) is 2.11. The Labute approximate surface area is 150 Å². The Morgan fingerprint density at radius 3 is 2.73 bits per heavy atom.